The van der Waals surface area contributed by atoms with Gasteiger partial charge in [-0.2, -0.15) is 0 Å². The molecule has 6 radical (unpaired) electrons. The molecule has 0 aromatic heterocycles. The predicted molar refractivity (Wildman–Crippen MR) is 44.3 cm³/mol. The predicted octanol–water partition coefficient (Wildman–Crippen LogP) is -2.90. The molecule has 0 aromatic carbocycles. The van der Waals surface area contributed by atoms with Gasteiger partial charge in [-0.15, -0.1) is 0 Å². The standard InChI is InChI=1S/Ge6O9/c7-1-8-3-9-2(7)14-5-10-4(13-1)11-6(12-5)15-3. The Bertz CT molecular complexity index is 193. The van der Waals surface area contributed by atoms with Crippen molar-refractivity contribution in [3.8, 4) is 0 Å². The van der Waals surface area contributed by atoms with Crippen LogP contribution in [0.3, 0.4) is 0 Å². The minimum absolute atomic E-state index is 2.42. The molecule has 0 amide bonds. The maximum atomic E-state index is 5.62. The van der Waals surface area contributed by atoms with Gasteiger partial charge in [-0.1, -0.05) is 0 Å². The van der Waals surface area contributed by atoms with E-state index in [1.807, 2.05) is 0 Å². The zero-order valence-electron chi connectivity index (χ0n) is 6.67. The van der Waals surface area contributed by atoms with Crippen molar-refractivity contribution in [1.29, 1.82) is 0 Å². The summed E-state index contributed by atoms with van der Waals surface area (Å²) in [6.07, 6.45) is 0. The van der Waals surface area contributed by atoms with Crippen LogP contribution in [0.4, 0.5) is 0 Å². The van der Waals surface area contributed by atoms with E-state index in [2.05, 4.69) is 0 Å². The summed E-state index contributed by atoms with van der Waals surface area (Å²) in [5, 5.41) is 0. The average Bonchev–Trinajstić information content (AvgIpc) is 2.13. The second-order valence-electron chi connectivity index (χ2n) is 2.42. The van der Waals surface area contributed by atoms with Crippen molar-refractivity contribution >= 4 is 92.2 Å². The van der Waals surface area contributed by atoms with E-state index in [-0.39, 0.29) is 0 Å². The van der Waals surface area contributed by atoms with Crippen LogP contribution in [-0.2, 0) is 25.1 Å². The molecule has 0 atom stereocenters. The van der Waals surface area contributed by atoms with Crippen molar-refractivity contribution in [2.24, 2.45) is 0 Å². The Hall–Kier alpha value is 2.90. The SMILES string of the molecule is [O]1[Ge]2[O][Ge]3[O][Ge]1[O][Ge]1[O][Ge]([O][Ge]([O]1)[O]3)[O]2. The van der Waals surface area contributed by atoms with E-state index < -0.39 is 92.2 Å². The average molecular weight is 580 g/mol. The van der Waals surface area contributed by atoms with Crippen LogP contribution in [-0.4, -0.2) is 92.2 Å². The van der Waals surface area contributed by atoms with Crippen LogP contribution < -0.4 is 0 Å². The van der Waals surface area contributed by atoms with E-state index in [0.29, 0.717) is 0 Å². The Morgan fingerprint density at radius 1 is 0.267 bits per heavy atom. The second-order valence-corrected chi connectivity index (χ2v) is 32.6. The summed E-state index contributed by atoms with van der Waals surface area (Å²) in [4.78, 5) is 0. The van der Waals surface area contributed by atoms with Gasteiger partial charge >= 0.3 is 117 Å². The first-order valence-electron chi connectivity index (χ1n) is 3.67. The Kier molecular flexibility index (Phi) is 3.73. The Balaban J connectivity index is 1.70. The zero-order valence-corrected chi connectivity index (χ0v) is 19.3. The fourth-order valence-corrected chi connectivity index (χ4v) is 69.1. The molecule has 0 spiro atoms. The van der Waals surface area contributed by atoms with Gasteiger partial charge in [0.2, 0.25) is 0 Å². The monoisotopic (exact) mass is 587 g/mol. The van der Waals surface area contributed by atoms with Crippen molar-refractivity contribution in [2.45, 2.75) is 0 Å². The number of hydrogen-bond donors (Lipinski definition) is 0. The number of rotatable bonds is 0. The fourth-order valence-electron chi connectivity index (χ4n) is 0.987. The van der Waals surface area contributed by atoms with E-state index in [9.17, 15) is 0 Å². The molecule has 0 aromatic rings. The van der Waals surface area contributed by atoms with Gasteiger partial charge in [0.15, 0.2) is 0 Å². The molecule has 5 aliphatic heterocycles. The third-order valence-electron chi connectivity index (χ3n) is 1.50. The summed E-state index contributed by atoms with van der Waals surface area (Å²) < 4.78 is 50.0. The van der Waals surface area contributed by atoms with Crippen LogP contribution in [0.15, 0.2) is 0 Å². The second kappa shape index (κ2) is 4.78. The molecule has 5 aliphatic rings. The Labute approximate surface area is 116 Å². The zero-order chi connectivity index (χ0) is 9.83. The van der Waals surface area contributed by atoms with Crippen LogP contribution >= 0.6 is 0 Å². The van der Waals surface area contributed by atoms with Gasteiger partial charge in [0.05, 0.1) is 0 Å². The molecule has 15 heavy (non-hydrogen) atoms. The third-order valence-corrected chi connectivity index (χ3v) is 40.5. The Morgan fingerprint density at radius 3 is 0.533 bits per heavy atom. The molecule has 5 heterocycles. The summed E-state index contributed by atoms with van der Waals surface area (Å²) in [6, 6.07) is 0. The molecule has 9 nitrogen and oxygen atoms in total. The van der Waals surface area contributed by atoms with E-state index in [0.717, 1.165) is 0 Å². The molecule has 0 aliphatic carbocycles. The van der Waals surface area contributed by atoms with Gasteiger partial charge in [0.25, 0.3) is 0 Å². The van der Waals surface area contributed by atoms with Crippen molar-refractivity contribution in [3.63, 3.8) is 0 Å². The van der Waals surface area contributed by atoms with E-state index in [1.54, 1.807) is 0 Å². The molecule has 15 heteroatoms. The molecule has 5 fully saturated rings. The van der Waals surface area contributed by atoms with Crippen LogP contribution in [0.2, 0.25) is 0 Å². The summed E-state index contributed by atoms with van der Waals surface area (Å²) in [7, 11) is 0. The molecule has 0 saturated carbocycles. The van der Waals surface area contributed by atoms with Gasteiger partial charge in [-0.05, 0) is 0 Å². The first-order chi connectivity index (χ1) is 7.35. The summed E-state index contributed by atoms with van der Waals surface area (Å²) >= 11 is -14.5. The quantitative estimate of drug-likeness (QED) is 0.281. The summed E-state index contributed by atoms with van der Waals surface area (Å²) in [6.45, 7) is 0. The molecule has 0 unspecified atom stereocenters. The minimum atomic E-state index is -2.42. The van der Waals surface area contributed by atoms with E-state index in [4.69, 9.17) is 25.1 Å². The van der Waals surface area contributed by atoms with Gasteiger partial charge in [0, 0.05) is 0 Å². The van der Waals surface area contributed by atoms with Crippen molar-refractivity contribution < 1.29 is 25.1 Å². The fraction of sp³-hybridized carbons (Fsp3) is 0. The van der Waals surface area contributed by atoms with Gasteiger partial charge in [0.1, 0.15) is 0 Å². The topological polar surface area (TPSA) is 83.1 Å². The molecule has 5 saturated heterocycles. The number of hydrogen-bond acceptors (Lipinski definition) is 9. The first-order valence-corrected chi connectivity index (χ1v) is 19.1. The first kappa shape index (κ1) is 11.7. The van der Waals surface area contributed by atoms with E-state index in [1.165, 1.54) is 0 Å². The summed E-state index contributed by atoms with van der Waals surface area (Å²) in [5.74, 6) is 0. The molecule has 0 N–H and O–H groups in total. The van der Waals surface area contributed by atoms with Crippen LogP contribution in [0.25, 0.3) is 0 Å². The van der Waals surface area contributed by atoms with Gasteiger partial charge in [-0.3, -0.25) is 0 Å². The third kappa shape index (κ3) is 2.48. The van der Waals surface area contributed by atoms with Crippen LogP contribution in [0.5, 0.6) is 0 Å². The van der Waals surface area contributed by atoms with Crippen LogP contribution in [0, 0.1) is 0 Å². The normalized spacial score (nSPS) is 36.0. The molecule has 5 rings (SSSR count). The molecule has 6 bridgehead atoms. The Morgan fingerprint density at radius 2 is 0.400 bits per heavy atom. The molecule has 78 valence electrons. The van der Waals surface area contributed by atoms with Crippen molar-refractivity contribution in [2.75, 3.05) is 0 Å². The summed E-state index contributed by atoms with van der Waals surface area (Å²) in [5.41, 5.74) is 0. The van der Waals surface area contributed by atoms with E-state index >= 15 is 0 Å². The van der Waals surface area contributed by atoms with Crippen molar-refractivity contribution in [3.05, 3.63) is 0 Å². The van der Waals surface area contributed by atoms with Crippen LogP contribution in [0.1, 0.15) is 0 Å². The molecular formula is Ge6O9. The van der Waals surface area contributed by atoms with Gasteiger partial charge in [-0.25, -0.2) is 0 Å². The van der Waals surface area contributed by atoms with Gasteiger partial charge < -0.3 is 0 Å². The van der Waals surface area contributed by atoms with Crippen molar-refractivity contribution in [1.82, 2.24) is 0 Å². The maximum absolute atomic E-state index is 5.62. The molecular weight excluding hydrogens is 580 g/mol.